The molecule has 5 nitrogen and oxygen atoms in total. The highest BCUT2D eigenvalue weighted by Crippen LogP contribution is 2.07. The lowest BCUT2D eigenvalue weighted by molar-refractivity contribution is -0.159. The number of carbonyl (C=O) groups excluding carboxylic acids is 2. The van der Waals surface area contributed by atoms with E-state index in [1.54, 1.807) is 13.8 Å². The van der Waals surface area contributed by atoms with Crippen molar-refractivity contribution in [3.63, 3.8) is 0 Å². The van der Waals surface area contributed by atoms with Crippen LogP contribution in [0, 0.1) is 5.92 Å². The highest BCUT2D eigenvalue weighted by Gasteiger charge is 2.23. The molecule has 0 saturated carbocycles. The lowest BCUT2D eigenvalue weighted by Crippen LogP contribution is -2.30. The predicted octanol–water partition coefficient (Wildman–Crippen LogP) is -0.00900. The molecule has 0 saturated heterocycles. The number of carbonyl (C=O) groups is 2. The van der Waals surface area contributed by atoms with Gasteiger partial charge in [0.25, 0.3) is 0 Å². The Balaban J connectivity index is 4.00. The first kappa shape index (κ1) is 10.9. The minimum absolute atomic E-state index is 0.431. The van der Waals surface area contributed by atoms with E-state index < -0.39 is 24.0 Å². The summed E-state index contributed by atoms with van der Waals surface area (Å²) in [4.78, 5) is 25.2. The average Bonchev–Trinajstić information content (AvgIpc) is 2.00. The zero-order valence-electron chi connectivity index (χ0n) is 7.37. The third-order valence-electron chi connectivity index (χ3n) is 1.54. The standard InChI is InChI=1S/C7H13NO4/c1-4(7(10)12-8)5(2)11-6(3)9/h4-5H,8H2,1-3H3. The zero-order valence-corrected chi connectivity index (χ0v) is 7.37. The summed E-state index contributed by atoms with van der Waals surface area (Å²) >= 11 is 0. The Labute approximate surface area is 70.8 Å². The summed E-state index contributed by atoms with van der Waals surface area (Å²) in [6, 6.07) is 0. The largest absolute Gasteiger partial charge is 0.462 e. The molecule has 0 aromatic carbocycles. The molecule has 70 valence electrons. The quantitative estimate of drug-likeness (QED) is 0.482. The van der Waals surface area contributed by atoms with Crippen LogP contribution >= 0.6 is 0 Å². The Morgan fingerprint density at radius 2 is 1.83 bits per heavy atom. The van der Waals surface area contributed by atoms with E-state index in [-0.39, 0.29) is 0 Å². The summed E-state index contributed by atoms with van der Waals surface area (Å²) < 4.78 is 4.74. The topological polar surface area (TPSA) is 78.6 Å². The van der Waals surface area contributed by atoms with E-state index in [1.807, 2.05) is 0 Å². The molecule has 0 fully saturated rings. The van der Waals surface area contributed by atoms with Gasteiger partial charge in [-0.1, -0.05) is 0 Å². The summed E-state index contributed by atoms with van der Waals surface area (Å²) in [6.45, 7) is 4.45. The molecule has 5 heteroatoms. The molecule has 0 radical (unpaired) electrons. The maximum atomic E-state index is 10.8. The average molecular weight is 175 g/mol. The molecule has 0 aliphatic heterocycles. The number of nitrogens with two attached hydrogens (primary N) is 1. The van der Waals surface area contributed by atoms with Gasteiger partial charge < -0.3 is 9.57 Å². The van der Waals surface area contributed by atoms with Crippen molar-refractivity contribution in [1.82, 2.24) is 0 Å². The first-order valence-electron chi connectivity index (χ1n) is 3.56. The second-order valence-electron chi connectivity index (χ2n) is 2.54. The van der Waals surface area contributed by atoms with Gasteiger partial charge in [-0.15, -0.1) is 0 Å². The van der Waals surface area contributed by atoms with Gasteiger partial charge in [0.1, 0.15) is 6.10 Å². The van der Waals surface area contributed by atoms with Gasteiger partial charge in [0.05, 0.1) is 5.92 Å². The van der Waals surface area contributed by atoms with Crippen LogP contribution in [0.4, 0.5) is 0 Å². The summed E-state index contributed by atoms with van der Waals surface area (Å²) in [6.07, 6.45) is -0.515. The van der Waals surface area contributed by atoms with Crippen molar-refractivity contribution < 1.29 is 19.2 Å². The Hall–Kier alpha value is -1.10. The molecule has 0 aliphatic rings. The molecule has 0 bridgehead atoms. The van der Waals surface area contributed by atoms with Crippen molar-refractivity contribution in [1.29, 1.82) is 0 Å². The van der Waals surface area contributed by atoms with Gasteiger partial charge >= 0.3 is 11.9 Å². The monoisotopic (exact) mass is 175 g/mol. The maximum Gasteiger partial charge on any atom is 0.330 e. The molecule has 0 aliphatic carbocycles. The van der Waals surface area contributed by atoms with E-state index in [4.69, 9.17) is 4.74 Å². The van der Waals surface area contributed by atoms with Crippen molar-refractivity contribution in [2.75, 3.05) is 0 Å². The van der Waals surface area contributed by atoms with Gasteiger partial charge in [-0.3, -0.25) is 4.79 Å². The fourth-order valence-electron chi connectivity index (χ4n) is 0.663. The lowest BCUT2D eigenvalue weighted by Gasteiger charge is -2.16. The number of rotatable bonds is 3. The van der Waals surface area contributed by atoms with E-state index in [9.17, 15) is 9.59 Å². The zero-order chi connectivity index (χ0) is 9.72. The molecule has 2 unspecified atom stereocenters. The summed E-state index contributed by atoms with van der Waals surface area (Å²) in [5, 5.41) is 0. The van der Waals surface area contributed by atoms with E-state index >= 15 is 0 Å². The van der Waals surface area contributed by atoms with Crippen LogP contribution in [0.1, 0.15) is 20.8 Å². The Kier molecular flexibility index (Phi) is 4.28. The van der Waals surface area contributed by atoms with Gasteiger partial charge in [0, 0.05) is 6.92 Å². The summed E-state index contributed by atoms with van der Waals surface area (Å²) in [7, 11) is 0. The van der Waals surface area contributed by atoms with Crippen molar-refractivity contribution >= 4 is 11.9 Å². The smallest absolute Gasteiger partial charge is 0.330 e. The van der Waals surface area contributed by atoms with Crippen LogP contribution in [0.3, 0.4) is 0 Å². The highest BCUT2D eigenvalue weighted by atomic mass is 16.7. The van der Waals surface area contributed by atoms with Gasteiger partial charge in [-0.25, -0.2) is 4.79 Å². The molecule has 0 aromatic heterocycles. The van der Waals surface area contributed by atoms with Crippen molar-refractivity contribution in [3.8, 4) is 0 Å². The van der Waals surface area contributed by atoms with Crippen LogP contribution in [0.25, 0.3) is 0 Å². The van der Waals surface area contributed by atoms with Gasteiger partial charge in [-0.05, 0) is 13.8 Å². The van der Waals surface area contributed by atoms with Crippen LogP contribution in [0.15, 0.2) is 0 Å². The Bertz CT molecular complexity index is 180. The van der Waals surface area contributed by atoms with Crippen molar-refractivity contribution in [2.45, 2.75) is 26.9 Å². The molecule has 0 amide bonds. The normalized spacial score (nSPS) is 14.7. The number of esters is 1. The van der Waals surface area contributed by atoms with Crippen LogP contribution < -0.4 is 5.90 Å². The first-order valence-corrected chi connectivity index (χ1v) is 3.56. The molecular weight excluding hydrogens is 162 g/mol. The second kappa shape index (κ2) is 4.71. The molecule has 0 heterocycles. The maximum absolute atomic E-state index is 10.8. The molecule has 0 rings (SSSR count). The Morgan fingerprint density at radius 3 is 2.17 bits per heavy atom. The third-order valence-corrected chi connectivity index (χ3v) is 1.54. The van der Waals surface area contributed by atoms with E-state index in [1.165, 1.54) is 6.92 Å². The SMILES string of the molecule is CC(=O)OC(C)C(C)C(=O)ON. The minimum Gasteiger partial charge on any atom is -0.462 e. The lowest BCUT2D eigenvalue weighted by atomic mass is 10.1. The fourth-order valence-corrected chi connectivity index (χ4v) is 0.663. The molecule has 2 atom stereocenters. The summed E-state index contributed by atoms with van der Waals surface area (Å²) in [5.41, 5.74) is 0. The van der Waals surface area contributed by atoms with Gasteiger partial charge in [0.2, 0.25) is 0 Å². The Morgan fingerprint density at radius 1 is 1.33 bits per heavy atom. The molecule has 0 spiro atoms. The van der Waals surface area contributed by atoms with E-state index in [0.29, 0.717) is 0 Å². The van der Waals surface area contributed by atoms with Crippen molar-refractivity contribution in [2.24, 2.45) is 11.8 Å². The molecule has 12 heavy (non-hydrogen) atoms. The second-order valence-corrected chi connectivity index (χ2v) is 2.54. The van der Waals surface area contributed by atoms with Crippen LogP contribution in [-0.2, 0) is 19.2 Å². The number of ether oxygens (including phenoxy) is 1. The third kappa shape index (κ3) is 3.34. The fraction of sp³-hybridized carbons (Fsp3) is 0.714. The molecule has 0 aromatic rings. The van der Waals surface area contributed by atoms with Crippen LogP contribution in [-0.4, -0.2) is 18.0 Å². The first-order chi connectivity index (χ1) is 5.49. The van der Waals surface area contributed by atoms with Crippen molar-refractivity contribution in [3.05, 3.63) is 0 Å². The molecule has 2 N–H and O–H groups in total. The summed E-state index contributed by atoms with van der Waals surface area (Å²) in [5.74, 6) is 3.08. The van der Waals surface area contributed by atoms with Crippen LogP contribution in [0.2, 0.25) is 0 Å². The van der Waals surface area contributed by atoms with E-state index in [0.717, 1.165) is 0 Å². The van der Waals surface area contributed by atoms with Gasteiger partial charge in [0.15, 0.2) is 0 Å². The predicted molar refractivity (Wildman–Crippen MR) is 40.7 cm³/mol. The number of hydrogen-bond donors (Lipinski definition) is 1. The molecular formula is C7H13NO4. The minimum atomic E-state index is -0.594. The van der Waals surface area contributed by atoms with E-state index in [2.05, 4.69) is 10.7 Å². The van der Waals surface area contributed by atoms with Crippen LogP contribution in [0.5, 0.6) is 0 Å². The van der Waals surface area contributed by atoms with Gasteiger partial charge in [-0.2, -0.15) is 5.90 Å². The number of hydrogen-bond acceptors (Lipinski definition) is 5. The highest BCUT2D eigenvalue weighted by molar-refractivity contribution is 5.73.